The van der Waals surface area contributed by atoms with Crippen LogP contribution in [0.4, 0.5) is 0 Å². The Labute approximate surface area is 125 Å². The number of hydrogen-bond acceptors (Lipinski definition) is 5. The summed E-state index contributed by atoms with van der Waals surface area (Å²) in [6.45, 7) is 3.19. The van der Waals surface area contributed by atoms with Crippen LogP contribution in [0.15, 0.2) is 4.52 Å². The Morgan fingerprint density at radius 1 is 1.20 bits per heavy atom. The van der Waals surface area contributed by atoms with E-state index in [0.29, 0.717) is 17.2 Å². The molecule has 0 amide bonds. The summed E-state index contributed by atoms with van der Waals surface area (Å²) in [6, 6.07) is 0.507. The van der Waals surface area contributed by atoms with Gasteiger partial charge in [0.05, 0.1) is 11.2 Å². The van der Waals surface area contributed by atoms with Crippen LogP contribution in [0, 0.1) is 0 Å². The summed E-state index contributed by atoms with van der Waals surface area (Å²) in [5.41, 5.74) is 0. The molecule has 3 unspecified atom stereocenters. The normalized spacial score (nSPS) is 31.4. The lowest BCUT2D eigenvalue weighted by molar-refractivity contribution is 0.304. The molecule has 1 aromatic heterocycles. The Morgan fingerprint density at radius 2 is 2.10 bits per heavy atom. The topological polar surface area (TPSA) is 51.0 Å². The second kappa shape index (κ2) is 6.94. The predicted octanol–water partition coefficient (Wildman–Crippen LogP) is 3.66. The first-order valence-electron chi connectivity index (χ1n) is 8.07. The van der Waals surface area contributed by atoms with Crippen LogP contribution in [0.5, 0.6) is 0 Å². The molecule has 1 aromatic rings. The third-order valence-corrected chi connectivity index (χ3v) is 5.85. The SMILES string of the molecule is CCNC1CCCCCC1c1nc(C2CCCS2)no1. The molecular weight excluding hydrogens is 270 g/mol. The number of hydrogen-bond donors (Lipinski definition) is 1. The molecule has 4 nitrogen and oxygen atoms in total. The van der Waals surface area contributed by atoms with Crippen molar-refractivity contribution in [2.24, 2.45) is 0 Å². The molecule has 0 aromatic carbocycles. The van der Waals surface area contributed by atoms with Crippen LogP contribution in [0.1, 0.15) is 74.8 Å². The number of nitrogens with one attached hydrogen (secondary N) is 1. The first kappa shape index (κ1) is 14.4. The van der Waals surface area contributed by atoms with E-state index in [-0.39, 0.29) is 0 Å². The van der Waals surface area contributed by atoms with Gasteiger partial charge in [0.1, 0.15) is 0 Å². The molecule has 1 saturated heterocycles. The Hall–Kier alpha value is -0.550. The van der Waals surface area contributed by atoms with Crippen molar-refractivity contribution in [2.45, 2.75) is 69.1 Å². The van der Waals surface area contributed by atoms with Gasteiger partial charge in [0.15, 0.2) is 5.82 Å². The van der Waals surface area contributed by atoms with Gasteiger partial charge in [-0.25, -0.2) is 0 Å². The quantitative estimate of drug-likeness (QED) is 0.859. The molecule has 5 heteroatoms. The average molecular weight is 295 g/mol. The maximum atomic E-state index is 5.63. The summed E-state index contributed by atoms with van der Waals surface area (Å²) >= 11 is 1.97. The van der Waals surface area contributed by atoms with Gasteiger partial charge in [-0.2, -0.15) is 16.7 Å². The molecule has 2 fully saturated rings. The van der Waals surface area contributed by atoms with Crippen LogP contribution in [0.3, 0.4) is 0 Å². The first-order chi connectivity index (χ1) is 9.88. The number of aromatic nitrogens is 2. The molecule has 1 aliphatic carbocycles. The minimum atomic E-state index is 0.408. The van der Waals surface area contributed by atoms with E-state index >= 15 is 0 Å². The van der Waals surface area contributed by atoms with E-state index < -0.39 is 0 Å². The molecule has 3 rings (SSSR count). The fourth-order valence-corrected chi connectivity index (χ4v) is 4.62. The molecule has 20 heavy (non-hydrogen) atoms. The highest BCUT2D eigenvalue weighted by Crippen LogP contribution is 2.39. The van der Waals surface area contributed by atoms with Crippen LogP contribution in [-0.2, 0) is 0 Å². The van der Waals surface area contributed by atoms with Gasteiger partial charge >= 0.3 is 0 Å². The highest BCUT2D eigenvalue weighted by atomic mass is 32.2. The molecule has 0 bridgehead atoms. The maximum Gasteiger partial charge on any atom is 0.231 e. The van der Waals surface area contributed by atoms with E-state index in [1.54, 1.807) is 0 Å². The number of rotatable bonds is 4. The fraction of sp³-hybridized carbons (Fsp3) is 0.867. The van der Waals surface area contributed by atoms with Gasteiger partial charge in [-0.15, -0.1) is 0 Å². The largest absolute Gasteiger partial charge is 0.339 e. The van der Waals surface area contributed by atoms with Crippen LogP contribution in [-0.4, -0.2) is 28.5 Å². The molecule has 0 spiro atoms. The number of likely N-dealkylation sites (N-methyl/N-ethyl adjacent to an activating group) is 1. The van der Waals surface area contributed by atoms with Gasteiger partial charge in [0.2, 0.25) is 5.89 Å². The molecule has 1 saturated carbocycles. The van der Waals surface area contributed by atoms with Crippen molar-refractivity contribution in [3.63, 3.8) is 0 Å². The van der Waals surface area contributed by atoms with Crippen molar-refractivity contribution in [3.05, 3.63) is 11.7 Å². The van der Waals surface area contributed by atoms with Gasteiger partial charge < -0.3 is 9.84 Å². The molecule has 1 aliphatic heterocycles. The van der Waals surface area contributed by atoms with Crippen LogP contribution in [0.2, 0.25) is 0 Å². The summed E-state index contributed by atoms with van der Waals surface area (Å²) in [5.74, 6) is 3.45. The van der Waals surface area contributed by atoms with Crippen molar-refractivity contribution in [2.75, 3.05) is 12.3 Å². The van der Waals surface area contributed by atoms with Gasteiger partial charge in [-0.1, -0.05) is 31.3 Å². The molecular formula is C15H25N3OS. The zero-order valence-electron chi connectivity index (χ0n) is 12.3. The van der Waals surface area contributed by atoms with Gasteiger partial charge in [-0.05, 0) is 38.0 Å². The van der Waals surface area contributed by atoms with Gasteiger partial charge in [0, 0.05) is 6.04 Å². The Balaban J connectivity index is 1.74. The number of thioether (sulfide) groups is 1. The molecule has 3 atom stereocenters. The van der Waals surface area contributed by atoms with Crippen molar-refractivity contribution in [3.8, 4) is 0 Å². The summed E-state index contributed by atoms with van der Waals surface area (Å²) in [6.07, 6.45) is 8.81. The van der Waals surface area contributed by atoms with E-state index in [4.69, 9.17) is 9.51 Å². The average Bonchev–Trinajstić information content (AvgIpc) is 3.09. The molecule has 1 N–H and O–H groups in total. The smallest absolute Gasteiger partial charge is 0.231 e. The molecule has 0 radical (unpaired) electrons. The Bertz CT molecular complexity index is 417. The summed E-state index contributed by atoms with van der Waals surface area (Å²) in [4.78, 5) is 4.75. The van der Waals surface area contributed by atoms with Crippen molar-refractivity contribution < 1.29 is 4.52 Å². The molecule has 112 valence electrons. The number of nitrogens with zero attached hydrogens (tertiary/aromatic N) is 2. The van der Waals surface area contributed by atoms with Gasteiger partial charge in [-0.3, -0.25) is 0 Å². The van der Waals surface area contributed by atoms with Crippen molar-refractivity contribution in [1.29, 1.82) is 0 Å². The fourth-order valence-electron chi connectivity index (χ4n) is 3.42. The maximum absolute atomic E-state index is 5.63. The Kier molecular flexibility index (Phi) is 4.99. The van der Waals surface area contributed by atoms with Crippen LogP contribution >= 0.6 is 11.8 Å². The lowest BCUT2D eigenvalue weighted by atomic mass is 9.94. The summed E-state index contributed by atoms with van der Waals surface area (Å²) in [5, 5.41) is 8.35. The van der Waals surface area contributed by atoms with E-state index in [0.717, 1.165) is 18.3 Å². The highest BCUT2D eigenvalue weighted by molar-refractivity contribution is 7.99. The van der Waals surface area contributed by atoms with Crippen LogP contribution in [0.25, 0.3) is 0 Å². The highest BCUT2D eigenvalue weighted by Gasteiger charge is 2.31. The third kappa shape index (κ3) is 3.19. The molecule has 2 heterocycles. The van der Waals surface area contributed by atoms with Crippen LogP contribution < -0.4 is 5.32 Å². The lowest BCUT2D eigenvalue weighted by Gasteiger charge is -2.22. The third-order valence-electron chi connectivity index (χ3n) is 4.47. The lowest BCUT2D eigenvalue weighted by Crippen LogP contribution is -2.34. The minimum Gasteiger partial charge on any atom is -0.339 e. The van der Waals surface area contributed by atoms with Crippen molar-refractivity contribution in [1.82, 2.24) is 15.5 Å². The second-order valence-corrected chi connectivity index (χ2v) is 7.21. The monoisotopic (exact) mass is 295 g/mol. The zero-order chi connectivity index (χ0) is 13.8. The van der Waals surface area contributed by atoms with E-state index in [2.05, 4.69) is 17.4 Å². The summed E-state index contributed by atoms with van der Waals surface area (Å²) < 4.78 is 5.63. The van der Waals surface area contributed by atoms with E-state index in [1.807, 2.05) is 11.8 Å². The predicted molar refractivity (Wildman–Crippen MR) is 82.0 cm³/mol. The first-order valence-corrected chi connectivity index (χ1v) is 9.12. The van der Waals surface area contributed by atoms with Gasteiger partial charge in [0.25, 0.3) is 0 Å². The molecule has 2 aliphatic rings. The second-order valence-electron chi connectivity index (χ2n) is 5.90. The van der Waals surface area contributed by atoms with Crippen molar-refractivity contribution >= 4 is 11.8 Å². The van der Waals surface area contributed by atoms with E-state index in [9.17, 15) is 0 Å². The van der Waals surface area contributed by atoms with E-state index in [1.165, 1.54) is 50.7 Å². The standard InChI is InChI=1S/C15H25N3OS/c1-2-16-12-8-5-3-4-7-11(12)15-17-14(18-19-15)13-9-6-10-20-13/h11-13,16H,2-10H2,1H3. The zero-order valence-corrected chi connectivity index (χ0v) is 13.1. The minimum absolute atomic E-state index is 0.408. The Morgan fingerprint density at radius 3 is 2.90 bits per heavy atom. The summed E-state index contributed by atoms with van der Waals surface area (Å²) in [7, 11) is 0.